The minimum Gasteiger partial charge on any atom is -0.383 e. The van der Waals surface area contributed by atoms with Gasteiger partial charge in [0, 0.05) is 6.04 Å². The highest BCUT2D eigenvalue weighted by molar-refractivity contribution is 6.10. The number of aromatic nitrogens is 3. The third-order valence-corrected chi connectivity index (χ3v) is 5.91. The predicted octanol–water partition coefficient (Wildman–Crippen LogP) is 4.80. The number of carbonyl (C=O) groups is 1. The number of nitrogen functional groups attached to an aromatic ring is 1. The average Bonchev–Trinajstić information content (AvgIpc) is 3.16. The topological polar surface area (TPSA) is 98.2 Å². The van der Waals surface area contributed by atoms with E-state index in [0.29, 0.717) is 22.2 Å². The molecule has 0 aliphatic carbocycles. The molecule has 0 saturated heterocycles. The van der Waals surface area contributed by atoms with Gasteiger partial charge in [0.2, 0.25) is 0 Å². The van der Waals surface area contributed by atoms with Crippen molar-refractivity contribution in [3.8, 4) is 0 Å². The molecule has 0 aliphatic heterocycles. The van der Waals surface area contributed by atoms with E-state index < -0.39 is 0 Å². The molecule has 1 unspecified atom stereocenters. The highest BCUT2D eigenvalue weighted by Gasteiger charge is 2.25. The summed E-state index contributed by atoms with van der Waals surface area (Å²) in [5, 5.41) is 7.64. The Labute approximate surface area is 203 Å². The third kappa shape index (κ3) is 4.75. The number of anilines is 1. The number of para-hydroxylation sites is 2. The largest absolute Gasteiger partial charge is 0.383 e. The van der Waals surface area contributed by atoms with Crippen LogP contribution in [0.1, 0.15) is 34.8 Å². The van der Waals surface area contributed by atoms with E-state index in [1.165, 1.54) is 10.2 Å². The molecule has 0 aliphatic rings. The molecule has 35 heavy (non-hydrogen) atoms. The molecular formula is C28H26N6O. The van der Waals surface area contributed by atoms with E-state index in [-0.39, 0.29) is 23.3 Å². The van der Waals surface area contributed by atoms with Crippen LogP contribution in [0.25, 0.3) is 22.2 Å². The Hall–Kier alpha value is -4.52. The van der Waals surface area contributed by atoms with E-state index >= 15 is 0 Å². The van der Waals surface area contributed by atoms with Gasteiger partial charge in [0.15, 0.2) is 5.65 Å². The highest BCUT2D eigenvalue weighted by Crippen LogP contribution is 2.28. The van der Waals surface area contributed by atoms with Crippen molar-refractivity contribution < 1.29 is 4.79 Å². The quantitative estimate of drug-likeness (QED) is 0.340. The maximum atomic E-state index is 13.4. The van der Waals surface area contributed by atoms with Crippen LogP contribution in [0.2, 0.25) is 0 Å². The van der Waals surface area contributed by atoms with Crippen LogP contribution in [0.3, 0.4) is 0 Å². The van der Waals surface area contributed by atoms with Crippen molar-refractivity contribution in [3.63, 3.8) is 0 Å². The van der Waals surface area contributed by atoms with Gasteiger partial charge in [0.1, 0.15) is 16.9 Å². The zero-order chi connectivity index (χ0) is 24.2. The molecule has 0 saturated carbocycles. The van der Waals surface area contributed by atoms with Gasteiger partial charge >= 0.3 is 0 Å². The summed E-state index contributed by atoms with van der Waals surface area (Å²) in [6.45, 7) is 1.99. The van der Waals surface area contributed by atoms with Crippen LogP contribution in [0.5, 0.6) is 0 Å². The second-order valence-corrected chi connectivity index (χ2v) is 8.51. The van der Waals surface area contributed by atoms with Crippen molar-refractivity contribution >= 4 is 40.1 Å². The van der Waals surface area contributed by atoms with Gasteiger partial charge in [-0.15, -0.1) is 0 Å². The molecule has 2 aromatic heterocycles. The molecule has 7 nitrogen and oxygen atoms in total. The first-order valence-corrected chi connectivity index (χ1v) is 11.6. The molecule has 0 spiro atoms. The first-order valence-electron chi connectivity index (χ1n) is 11.6. The number of hydrogen-bond donors (Lipinski definition) is 2. The molecule has 3 aromatic carbocycles. The Kier molecular flexibility index (Phi) is 6.22. The Balaban J connectivity index is 1.50. The lowest BCUT2D eigenvalue weighted by Gasteiger charge is -2.14. The summed E-state index contributed by atoms with van der Waals surface area (Å²) in [7, 11) is 0. The highest BCUT2D eigenvalue weighted by atomic mass is 16.1. The fourth-order valence-electron chi connectivity index (χ4n) is 4.05. The van der Waals surface area contributed by atoms with E-state index in [0.717, 1.165) is 18.4 Å². The summed E-state index contributed by atoms with van der Waals surface area (Å²) >= 11 is 0. The van der Waals surface area contributed by atoms with Crippen LogP contribution in [0.15, 0.2) is 90.0 Å². The van der Waals surface area contributed by atoms with Crippen LogP contribution in [-0.2, 0) is 6.42 Å². The Morgan fingerprint density at radius 3 is 2.31 bits per heavy atom. The van der Waals surface area contributed by atoms with Crippen molar-refractivity contribution in [1.82, 2.24) is 20.0 Å². The zero-order valence-electron chi connectivity index (χ0n) is 19.4. The van der Waals surface area contributed by atoms with E-state index in [2.05, 4.69) is 22.6 Å². The molecular weight excluding hydrogens is 436 g/mol. The second kappa shape index (κ2) is 9.77. The van der Waals surface area contributed by atoms with E-state index in [9.17, 15) is 4.79 Å². The second-order valence-electron chi connectivity index (χ2n) is 8.51. The average molecular weight is 463 g/mol. The van der Waals surface area contributed by atoms with Gasteiger partial charge < -0.3 is 11.1 Å². The van der Waals surface area contributed by atoms with Crippen molar-refractivity contribution in [2.24, 2.45) is 5.10 Å². The van der Waals surface area contributed by atoms with Gasteiger partial charge in [-0.1, -0.05) is 72.8 Å². The minimum absolute atomic E-state index is 0.0539. The first-order chi connectivity index (χ1) is 17.1. The smallest absolute Gasteiger partial charge is 0.257 e. The van der Waals surface area contributed by atoms with Crippen LogP contribution in [0.4, 0.5) is 5.82 Å². The Morgan fingerprint density at radius 1 is 0.971 bits per heavy atom. The number of hydrogen-bond acceptors (Lipinski definition) is 5. The summed E-state index contributed by atoms with van der Waals surface area (Å²) in [4.78, 5) is 22.9. The molecule has 7 heteroatoms. The number of rotatable bonds is 7. The summed E-state index contributed by atoms with van der Waals surface area (Å²) in [6.07, 6.45) is 3.36. The number of nitrogens with zero attached hydrogens (tertiary/aromatic N) is 4. The number of carbonyl (C=O) groups excluding carboxylic acids is 1. The number of amides is 1. The lowest BCUT2D eigenvalue weighted by Crippen LogP contribution is -2.33. The molecule has 5 aromatic rings. The van der Waals surface area contributed by atoms with Gasteiger partial charge in [-0.3, -0.25) is 4.79 Å². The fraction of sp³-hybridized carbons (Fsp3) is 0.143. The number of fused-ring (bicyclic) bond motifs is 2. The minimum atomic E-state index is -0.286. The number of benzene rings is 3. The van der Waals surface area contributed by atoms with Crippen LogP contribution in [0, 0.1) is 0 Å². The predicted molar refractivity (Wildman–Crippen MR) is 141 cm³/mol. The van der Waals surface area contributed by atoms with Crippen LogP contribution < -0.4 is 11.1 Å². The molecule has 0 fully saturated rings. The molecule has 1 atom stereocenters. The zero-order valence-corrected chi connectivity index (χ0v) is 19.4. The van der Waals surface area contributed by atoms with Crippen molar-refractivity contribution in [3.05, 3.63) is 102 Å². The maximum Gasteiger partial charge on any atom is 0.257 e. The summed E-state index contributed by atoms with van der Waals surface area (Å²) in [5.74, 6) is -0.0819. The van der Waals surface area contributed by atoms with Crippen molar-refractivity contribution in [1.29, 1.82) is 0 Å². The summed E-state index contributed by atoms with van der Waals surface area (Å²) in [5.41, 5.74) is 11.2. The van der Waals surface area contributed by atoms with Crippen LogP contribution >= 0.6 is 0 Å². The molecule has 1 amide bonds. The molecule has 3 N–H and O–H groups in total. The maximum absolute atomic E-state index is 13.4. The SMILES string of the molecule is CC(CCc1ccccc1)NC(=O)c1c(N)n(/N=C/c2ccccc2)c2nc3ccccc3nc12. The number of nitrogens with one attached hydrogen (secondary N) is 1. The van der Waals surface area contributed by atoms with Gasteiger partial charge in [-0.05, 0) is 43.0 Å². The molecule has 0 bridgehead atoms. The van der Waals surface area contributed by atoms with Crippen molar-refractivity contribution in [2.45, 2.75) is 25.8 Å². The monoisotopic (exact) mass is 462 g/mol. The summed E-state index contributed by atoms with van der Waals surface area (Å²) < 4.78 is 1.49. The fourth-order valence-corrected chi connectivity index (χ4v) is 4.05. The van der Waals surface area contributed by atoms with E-state index in [1.807, 2.05) is 79.7 Å². The Morgan fingerprint density at radius 2 is 1.60 bits per heavy atom. The van der Waals surface area contributed by atoms with Gasteiger partial charge in [0.25, 0.3) is 5.91 Å². The van der Waals surface area contributed by atoms with E-state index in [1.54, 1.807) is 6.21 Å². The molecule has 174 valence electrons. The lowest BCUT2D eigenvalue weighted by atomic mass is 10.1. The summed E-state index contributed by atoms with van der Waals surface area (Å²) in [6, 6.07) is 27.4. The van der Waals surface area contributed by atoms with Gasteiger partial charge in [-0.2, -0.15) is 9.78 Å². The van der Waals surface area contributed by atoms with Gasteiger partial charge in [-0.25, -0.2) is 9.97 Å². The standard InChI is InChI=1S/C28H26N6O/c1-19(16-17-20-10-4-2-5-11-20)31-28(35)24-25-27(33-23-15-9-8-14-22(23)32-25)34(26(24)29)30-18-21-12-6-3-7-13-21/h2-15,18-19H,16-17,29H2,1H3,(H,31,35)/b30-18+. The van der Waals surface area contributed by atoms with Crippen molar-refractivity contribution in [2.75, 3.05) is 5.73 Å². The van der Waals surface area contributed by atoms with E-state index in [4.69, 9.17) is 15.7 Å². The molecule has 5 rings (SSSR count). The van der Waals surface area contributed by atoms with Crippen LogP contribution in [-0.4, -0.2) is 32.8 Å². The number of aryl methyl sites for hydroxylation is 1. The first kappa shape index (κ1) is 22.3. The third-order valence-electron chi connectivity index (χ3n) is 5.91. The molecule has 2 heterocycles. The Bertz CT molecular complexity index is 1510. The number of nitrogens with two attached hydrogens (primary N) is 1. The normalized spacial score (nSPS) is 12.4. The molecule has 0 radical (unpaired) electrons. The lowest BCUT2D eigenvalue weighted by molar-refractivity contribution is 0.0940. The van der Waals surface area contributed by atoms with Gasteiger partial charge in [0.05, 0.1) is 17.2 Å².